The van der Waals surface area contributed by atoms with Crippen LogP contribution in [0.1, 0.15) is 49.0 Å². The Labute approximate surface area is 210 Å². The summed E-state index contributed by atoms with van der Waals surface area (Å²) in [6, 6.07) is 17.4. The maximum absolute atomic E-state index is 13.8. The van der Waals surface area contributed by atoms with Crippen molar-refractivity contribution in [3.05, 3.63) is 78.4 Å². The van der Waals surface area contributed by atoms with Gasteiger partial charge in [-0.1, -0.05) is 50.3 Å². The number of fused-ring (bicyclic) bond motifs is 1. The Bertz CT molecular complexity index is 1010. The second-order valence-corrected chi connectivity index (χ2v) is 10.7. The zero-order valence-electron chi connectivity index (χ0n) is 21.4. The highest BCUT2D eigenvalue weighted by atomic mass is 16.5. The number of nitrogens with zero attached hydrogens (tertiary/aromatic N) is 2. The van der Waals surface area contributed by atoms with Gasteiger partial charge >= 0.3 is 0 Å². The Morgan fingerprint density at radius 2 is 2.03 bits per heavy atom. The Hall–Kier alpha value is -2.63. The van der Waals surface area contributed by atoms with Crippen molar-refractivity contribution in [1.82, 2.24) is 9.80 Å². The molecular weight excluding hydrogens is 436 g/mol. The molecule has 4 rings (SSSR count). The van der Waals surface area contributed by atoms with Gasteiger partial charge in [-0.3, -0.25) is 9.69 Å². The number of hydrogen-bond acceptors (Lipinski definition) is 4. The Kier molecular flexibility index (Phi) is 7.98. The average molecular weight is 477 g/mol. The number of methoxy groups -OCH3 is 1. The van der Waals surface area contributed by atoms with E-state index < -0.39 is 0 Å². The Morgan fingerprint density at radius 3 is 2.69 bits per heavy atom. The molecule has 0 bridgehead atoms. The SMILES string of the molecule is C=CCN1CCC2(c3cccc(O)c3)CC(N(CC(C)C)C(=O)c3ccccc3)CC(OC)C2C1. The van der Waals surface area contributed by atoms with E-state index in [-0.39, 0.29) is 29.4 Å². The standard InChI is InChI=1S/C30H40N2O3/c1-5-15-31-16-14-30(24-12-9-13-26(33)17-24)19-25(18-28(35-4)27(30)21-31)32(20-22(2)3)29(34)23-10-7-6-8-11-23/h5-13,17,22,25,27-28,33H,1,14-16,18-21H2,2-4H3. The number of likely N-dealkylation sites (tertiary alicyclic amines) is 1. The number of hydrogen-bond donors (Lipinski definition) is 1. The average Bonchev–Trinajstić information content (AvgIpc) is 2.87. The molecule has 2 aliphatic rings. The lowest BCUT2D eigenvalue weighted by molar-refractivity contribution is -0.0804. The molecule has 2 aromatic carbocycles. The van der Waals surface area contributed by atoms with Crippen LogP contribution in [0, 0.1) is 11.8 Å². The molecule has 1 saturated heterocycles. The van der Waals surface area contributed by atoms with Gasteiger partial charge in [-0.25, -0.2) is 0 Å². The zero-order chi connectivity index (χ0) is 25.0. The molecule has 35 heavy (non-hydrogen) atoms. The number of phenolic OH excluding ortho intramolecular Hbond substituents is 1. The smallest absolute Gasteiger partial charge is 0.254 e. The topological polar surface area (TPSA) is 53.0 Å². The highest BCUT2D eigenvalue weighted by molar-refractivity contribution is 5.94. The highest BCUT2D eigenvalue weighted by Crippen LogP contribution is 2.51. The minimum atomic E-state index is -0.174. The summed E-state index contributed by atoms with van der Waals surface area (Å²) in [4.78, 5) is 18.3. The number of ether oxygens (including phenoxy) is 1. The Balaban J connectivity index is 1.75. The van der Waals surface area contributed by atoms with E-state index in [0.29, 0.717) is 18.2 Å². The molecule has 1 N–H and O–H groups in total. The molecule has 5 heteroatoms. The van der Waals surface area contributed by atoms with Gasteiger partial charge in [-0.2, -0.15) is 0 Å². The van der Waals surface area contributed by atoms with E-state index in [1.165, 1.54) is 0 Å². The number of amides is 1. The fourth-order valence-corrected chi connectivity index (χ4v) is 6.43. The van der Waals surface area contributed by atoms with Crippen molar-refractivity contribution >= 4 is 5.91 Å². The lowest BCUT2D eigenvalue weighted by Gasteiger charge is -2.57. The second-order valence-electron chi connectivity index (χ2n) is 10.7. The Morgan fingerprint density at radius 1 is 1.26 bits per heavy atom. The molecule has 5 nitrogen and oxygen atoms in total. The number of carbonyl (C=O) groups excluding carboxylic acids is 1. The normalized spacial score (nSPS) is 26.8. The van der Waals surface area contributed by atoms with Crippen LogP contribution in [-0.2, 0) is 10.2 Å². The lowest BCUT2D eigenvalue weighted by Crippen LogP contribution is -2.62. The van der Waals surface area contributed by atoms with Crippen LogP contribution in [0.15, 0.2) is 67.3 Å². The van der Waals surface area contributed by atoms with E-state index in [1.807, 2.05) is 48.5 Å². The molecule has 188 valence electrons. The highest BCUT2D eigenvalue weighted by Gasteiger charge is 2.53. The van der Waals surface area contributed by atoms with Gasteiger partial charge in [0.2, 0.25) is 0 Å². The van der Waals surface area contributed by atoms with E-state index >= 15 is 0 Å². The molecule has 2 aromatic rings. The summed E-state index contributed by atoms with van der Waals surface area (Å²) in [6.45, 7) is 11.7. The predicted octanol–water partition coefficient (Wildman–Crippen LogP) is 5.11. The van der Waals surface area contributed by atoms with E-state index in [9.17, 15) is 9.90 Å². The molecule has 1 heterocycles. The fraction of sp³-hybridized carbons (Fsp3) is 0.500. The maximum Gasteiger partial charge on any atom is 0.254 e. The number of aromatic hydroxyl groups is 1. The van der Waals surface area contributed by atoms with Crippen molar-refractivity contribution in [3.8, 4) is 5.75 Å². The van der Waals surface area contributed by atoms with E-state index in [4.69, 9.17) is 4.74 Å². The monoisotopic (exact) mass is 476 g/mol. The quantitative estimate of drug-likeness (QED) is 0.538. The van der Waals surface area contributed by atoms with Crippen molar-refractivity contribution in [2.24, 2.45) is 11.8 Å². The summed E-state index contributed by atoms with van der Waals surface area (Å²) in [5, 5.41) is 10.4. The van der Waals surface area contributed by atoms with Crippen molar-refractivity contribution in [1.29, 1.82) is 0 Å². The number of benzene rings is 2. The molecule has 2 fully saturated rings. The van der Waals surface area contributed by atoms with Crippen molar-refractivity contribution in [3.63, 3.8) is 0 Å². The van der Waals surface area contributed by atoms with Crippen molar-refractivity contribution in [2.75, 3.05) is 33.3 Å². The molecule has 1 amide bonds. The van der Waals surface area contributed by atoms with E-state index in [2.05, 4.69) is 36.3 Å². The summed E-state index contributed by atoms with van der Waals surface area (Å²) < 4.78 is 6.18. The third kappa shape index (κ3) is 5.31. The molecule has 1 aliphatic carbocycles. The zero-order valence-corrected chi connectivity index (χ0v) is 21.4. The van der Waals surface area contributed by atoms with Gasteiger partial charge in [0.05, 0.1) is 6.10 Å². The van der Waals surface area contributed by atoms with Gasteiger partial charge in [0.15, 0.2) is 0 Å². The van der Waals surface area contributed by atoms with Crippen LogP contribution >= 0.6 is 0 Å². The van der Waals surface area contributed by atoms with Crippen LogP contribution in [0.25, 0.3) is 0 Å². The van der Waals surface area contributed by atoms with Crippen molar-refractivity contribution < 1.29 is 14.6 Å². The van der Waals surface area contributed by atoms with Crippen molar-refractivity contribution in [2.45, 2.75) is 50.7 Å². The summed E-state index contributed by atoms with van der Waals surface area (Å²) >= 11 is 0. The van der Waals surface area contributed by atoms with E-state index in [0.717, 1.165) is 50.0 Å². The first-order valence-corrected chi connectivity index (χ1v) is 12.9. The van der Waals surface area contributed by atoms with Crippen LogP contribution < -0.4 is 0 Å². The minimum Gasteiger partial charge on any atom is -0.508 e. The molecule has 0 aromatic heterocycles. The maximum atomic E-state index is 13.8. The van der Waals surface area contributed by atoms with Gasteiger partial charge in [0.1, 0.15) is 5.75 Å². The first-order valence-electron chi connectivity index (χ1n) is 12.9. The van der Waals surface area contributed by atoms with Gasteiger partial charge in [0.25, 0.3) is 5.91 Å². The van der Waals surface area contributed by atoms with Crippen LogP contribution in [-0.4, -0.2) is 66.2 Å². The number of piperidine rings is 1. The minimum absolute atomic E-state index is 0.0157. The summed E-state index contributed by atoms with van der Waals surface area (Å²) in [7, 11) is 1.80. The third-order valence-electron chi connectivity index (χ3n) is 7.99. The van der Waals surface area contributed by atoms with Crippen LogP contribution in [0.2, 0.25) is 0 Å². The predicted molar refractivity (Wildman–Crippen MR) is 141 cm³/mol. The fourth-order valence-electron chi connectivity index (χ4n) is 6.43. The van der Waals surface area contributed by atoms with E-state index in [1.54, 1.807) is 13.2 Å². The summed E-state index contributed by atoms with van der Waals surface area (Å²) in [5.74, 6) is 1.01. The number of rotatable bonds is 8. The van der Waals surface area contributed by atoms with Gasteiger partial charge in [-0.05, 0) is 61.6 Å². The number of phenols is 1. The summed E-state index contributed by atoms with van der Waals surface area (Å²) in [5.41, 5.74) is 1.72. The largest absolute Gasteiger partial charge is 0.508 e. The molecule has 4 atom stereocenters. The first kappa shape index (κ1) is 25.5. The van der Waals surface area contributed by atoms with Crippen LogP contribution in [0.4, 0.5) is 0 Å². The van der Waals surface area contributed by atoms with Gasteiger partial charge in [0, 0.05) is 49.7 Å². The lowest BCUT2D eigenvalue weighted by atomic mass is 9.56. The molecular formula is C30H40N2O3. The summed E-state index contributed by atoms with van der Waals surface area (Å²) in [6.07, 6.45) is 4.63. The van der Waals surface area contributed by atoms with Gasteiger partial charge < -0.3 is 14.7 Å². The van der Waals surface area contributed by atoms with Gasteiger partial charge in [-0.15, -0.1) is 6.58 Å². The van der Waals surface area contributed by atoms with Crippen LogP contribution in [0.3, 0.4) is 0 Å². The first-order chi connectivity index (χ1) is 16.9. The molecule has 0 radical (unpaired) electrons. The molecule has 1 saturated carbocycles. The third-order valence-corrected chi connectivity index (χ3v) is 7.99. The second kappa shape index (κ2) is 11.0. The molecule has 1 aliphatic heterocycles. The molecule has 0 spiro atoms. The molecule has 4 unspecified atom stereocenters. The number of carbonyl (C=O) groups is 1. The van der Waals surface area contributed by atoms with Crippen LogP contribution in [0.5, 0.6) is 5.75 Å².